The third-order valence-corrected chi connectivity index (χ3v) is 6.34. The normalized spacial score (nSPS) is 19.4. The lowest BCUT2D eigenvalue weighted by atomic mass is 9.93. The first-order valence-corrected chi connectivity index (χ1v) is 10.9. The van der Waals surface area contributed by atoms with Gasteiger partial charge in [-0.15, -0.1) is 0 Å². The molecule has 0 spiro atoms. The van der Waals surface area contributed by atoms with Crippen molar-refractivity contribution >= 4 is 17.7 Å². The highest BCUT2D eigenvalue weighted by atomic mass is 19.1. The SMILES string of the molecule is CCc1ccc(CC)c(C(F)Cc2ccc3c(c2)CN(C2CCC(=O)NC2=O)C3=O)c1. The minimum Gasteiger partial charge on any atom is -0.322 e. The van der Waals surface area contributed by atoms with Crippen molar-refractivity contribution in [3.63, 3.8) is 0 Å². The molecule has 2 aliphatic rings. The molecule has 2 atom stereocenters. The average molecular weight is 423 g/mol. The number of halogens is 1. The van der Waals surface area contributed by atoms with Crippen molar-refractivity contribution in [1.82, 2.24) is 10.2 Å². The van der Waals surface area contributed by atoms with E-state index in [1.54, 1.807) is 12.1 Å². The Labute approximate surface area is 181 Å². The molecule has 0 aliphatic carbocycles. The van der Waals surface area contributed by atoms with Gasteiger partial charge in [0.15, 0.2) is 0 Å². The topological polar surface area (TPSA) is 66.5 Å². The second-order valence-electron chi connectivity index (χ2n) is 8.30. The zero-order valence-corrected chi connectivity index (χ0v) is 17.9. The van der Waals surface area contributed by atoms with E-state index in [-0.39, 0.29) is 24.7 Å². The van der Waals surface area contributed by atoms with Gasteiger partial charge < -0.3 is 4.90 Å². The first-order chi connectivity index (χ1) is 14.9. The average Bonchev–Trinajstić information content (AvgIpc) is 3.08. The zero-order valence-electron chi connectivity index (χ0n) is 17.9. The molecule has 2 aliphatic heterocycles. The smallest absolute Gasteiger partial charge is 0.255 e. The largest absolute Gasteiger partial charge is 0.322 e. The molecule has 4 rings (SSSR count). The molecule has 31 heavy (non-hydrogen) atoms. The van der Waals surface area contributed by atoms with Gasteiger partial charge in [-0.3, -0.25) is 19.7 Å². The third-order valence-electron chi connectivity index (χ3n) is 6.34. The predicted molar refractivity (Wildman–Crippen MR) is 115 cm³/mol. The molecule has 2 aromatic carbocycles. The van der Waals surface area contributed by atoms with Crippen LogP contribution in [0.25, 0.3) is 0 Å². The van der Waals surface area contributed by atoms with Crippen LogP contribution in [-0.4, -0.2) is 28.7 Å². The zero-order chi connectivity index (χ0) is 22.1. The standard InChI is InChI=1S/C25H27FN2O3/c1-3-15-5-7-17(4-2)20(12-15)21(26)13-16-6-8-19-18(11-16)14-28(25(19)31)22-9-10-23(29)27-24(22)30/h5-8,11-12,21-22H,3-4,9-10,13-14H2,1-2H3,(H,27,29,30). The summed E-state index contributed by atoms with van der Waals surface area (Å²) in [4.78, 5) is 37.9. The minimum atomic E-state index is -1.12. The first kappa shape index (κ1) is 21.2. The minimum absolute atomic E-state index is 0.211. The number of amides is 3. The van der Waals surface area contributed by atoms with Gasteiger partial charge in [-0.05, 0) is 53.1 Å². The molecule has 2 aromatic rings. The number of carbonyl (C=O) groups excluding carboxylic acids is 3. The molecule has 0 saturated carbocycles. The van der Waals surface area contributed by atoms with Crippen molar-refractivity contribution in [2.45, 2.75) is 64.7 Å². The molecule has 162 valence electrons. The van der Waals surface area contributed by atoms with E-state index in [0.29, 0.717) is 18.5 Å². The van der Waals surface area contributed by atoms with E-state index in [9.17, 15) is 14.4 Å². The van der Waals surface area contributed by atoms with Gasteiger partial charge in [-0.1, -0.05) is 44.2 Å². The van der Waals surface area contributed by atoms with Crippen LogP contribution in [0.2, 0.25) is 0 Å². The van der Waals surface area contributed by atoms with Crippen molar-refractivity contribution in [3.05, 3.63) is 69.8 Å². The van der Waals surface area contributed by atoms with Crippen molar-refractivity contribution in [3.8, 4) is 0 Å². The van der Waals surface area contributed by atoms with Crippen LogP contribution in [0.1, 0.15) is 71.0 Å². The van der Waals surface area contributed by atoms with Gasteiger partial charge in [0, 0.05) is 24.9 Å². The van der Waals surface area contributed by atoms with Gasteiger partial charge >= 0.3 is 0 Å². The molecule has 0 aromatic heterocycles. The number of rotatable bonds is 6. The molecule has 3 amide bonds. The fraction of sp³-hybridized carbons (Fsp3) is 0.400. The second kappa shape index (κ2) is 8.61. The summed E-state index contributed by atoms with van der Waals surface area (Å²) in [7, 11) is 0. The van der Waals surface area contributed by atoms with Gasteiger partial charge in [0.2, 0.25) is 11.8 Å². The highest BCUT2D eigenvalue weighted by Crippen LogP contribution is 2.31. The summed E-state index contributed by atoms with van der Waals surface area (Å²) in [6, 6.07) is 10.8. The molecular weight excluding hydrogens is 395 g/mol. The van der Waals surface area contributed by atoms with Crippen molar-refractivity contribution < 1.29 is 18.8 Å². The Bertz CT molecular complexity index is 1050. The Morgan fingerprint density at radius 1 is 1.06 bits per heavy atom. The third kappa shape index (κ3) is 4.11. The molecule has 6 heteroatoms. The highest BCUT2D eigenvalue weighted by molar-refractivity contribution is 6.05. The number of benzene rings is 2. The summed E-state index contributed by atoms with van der Waals surface area (Å²) in [5, 5.41) is 2.31. The summed E-state index contributed by atoms with van der Waals surface area (Å²) in [5.74, 6) is -0.943. The summed E-state index contributed by atoms with van der Waals surface area (Å²) in [6.07, 6.45) is 1.31. The molecule has 2 heterocycles. The Hall–Kier alpha value is -3.02. The van der Waals surface area contributed by atoms with E-state index in [4.69, 9.17) is 0 Å². The van der Waals surface area contributed by atoms with Gasteiger partial charge in [0.25, 0.3) is 5.91 Å². The van der Waals surface area contributed by atoms with Crippen LogP contribution in [0.4, 0.5) is 4.39 Å². The van der Waals surface area contributed by atoms with Crippen LogP contribution >= 0.6 is 0 Å². The lowest BCUT2D eigenvalue weighted by molar-refractivity contribution is -0.136. The number of piperidine rings is 1. The van der Waals surface area contributed by atoms with Crippen LogP contribution in [0.5, 0.6) is 0 Å². The van der Waals surface area contributed by atoms with Gasteiger partial charge in [-0.25, -0.2) is 4.39 Å². The first-order valence-electron chi connectivity index (χ1n) is 10.9. The summed E-state index contributed by atoms with van der Waals surface area (Å²) in [6.45, 7) is 4.39. The lowest BCUT2D eigenvalue weighted by Crippen LogP contribution is -2.52. The van der Waals surface area contributed by atoms with E-state index in [2.05, 4.69) is 18.3 Å². The summed E-state index contributed by atoms with van der Waals surface area (Å²) >= 11 is 0. The Kier molecular flexibility index (Phi) is 5.90. The number of carbonyl (C=O) groups is 3. The quantitative estimate of drug-likeness (QED) is 0.720. The Morgan fingerprint density at radius 2 is 1.84 bits per heavy atom. The van der Waals surface area contributed by atoms with Gasteiger partial charge in [0.05, 0.1) is 0 Å². The molecule has 0 radical (unpaired) electrons. The van der Waals surface area contributed by atoms with Crippen LogP contribution in [-0.2, 0) is 35.4 Å². The van der Waals surface area contributed by atoms with Gasteiger partial charge in [-0.2, -0.15) is 0 Å². The molecule has 1 saturated heterocycles. The number of hydrogen-bond donors (Lipinski definition) is 1. The Balaban J connectivity index is 1.53. The molecular formula is C25H27FN2O3. The number of nitrogens with zero attached hydrogens (tertiary/aromatic N) is 1. The molecule has 2 unspecified atom stereocenters. The van der Waals surface area contributed by atoms with Crippen molar-refractivity contribution in [2.75, 3.05) is 0 Å². The van der Waals surface area contributed by atoms with E-state index in [1.165, 1.54) is 4.90 Å². The fourth-order valence-corrected chi connectivity index (χ4v) is 4.55. The number of imide groups is 1. The van der Waals surface area contributed by atoms with E-state index < -0.39 is 18.1 Å². The van der Waals surface area contributed by atoms with Crippen LogP contribution < -0.4 is 5.32 Å². The fourth-order valence-electron chi connectivity index (χ4n) is 4.55. The maximum absolute atomic E-state index is 15.3. The second-order valence-corrected chi connectivity index (χ2v) is 8.30. The highest BCUT2D eigenvalue weighted by Gasteiger charge is 2.39. The molecule has 1 N–H and O–H groups in total. The number of fused-ring (bicyclic) bond motifs is 1. The monoisotopic (exact) mass is 422 g/mol. The number of alkyl halides is 1. The van der Waals surface area contributed by atoms with E-state index in [1.807, 2.05) is 25.1 Å². The van der Waals surface area contributed by atoms with Crippen molar-refractivity contribution in [2.24, 2.45) is 0 Å². The molecule has 1 fully saturated rings. The lowest BCUT2D eigenvalue weighted by Gasteiger charge is -2.29. The number of nitrogens with one attached hydrogen (secondary N) is 1. The molecule has 0 bridgehead atoms. The van der Waals surface area contributed by atoms with Gasteiger partial charge in [0.1, 0.15) is 12.2 Å². The number of aryl methyl sites for hydroxylation is 2. The van der Waals surface area contributed by atoms with Crippen LogP contribution in [0.15, 0.2) is 36.4 Å². The molecule has 5 nitrogen and oxygen atoms in total. The van der Waals surface area contributed by atoms with E-state index >= 15 is 4.39 Å². The maximum Gasteiger partial charge on any atom is 0.255 e. The predicted octanol–water partition coefficient (Wildman–Crippen LogP) is 3.83. The van der Waals surface area contributed by atoms with Crippen LogP contribution in [0, 0.1) is 0 Å². The van der Waals surface area contributed by atoms with Crippen molar-refractivity contribution in [1.29, 1.82) is 0 Å². The summed E-state index contributed by atoms with van der Waals surface area (Å²) in [5.41, 5.74) is 5.06. The maximum atomic E-state index is 15.3. The van der Waals surface area contributed by atoms with E-state index in [0.717, 1.165) is 40.7 Å². The number of hydrogen-bond acceptors (Lipinski definition) is 3. The van der Waals surface area contributed by atoms with Crippen LogP contribution in [0.3, 0.4) is 0 Å². The summed E-state index contributed by atoms with van der Waals surface area (Å²) < 4.78 is 15.3. The Morgan fingerprint density at radius 3 is 2.55 bits per heavy atom.